The number of pyridine rings is 1. The minimum atomic E-state index is -0.367. The third kappa shape index (κ3) is 2.99. The van der Waals surface area contributed by atoms with Crippen molar-refractivity contribution < 1.29 is 0 Å². The quantitative estimate of drug-likeness (QED) is 0.816. The van der Waals surface area contributed by atoms with Crippen LogP contribution >= 0.6 is 0 Å². The van der Waals surface area contributed by atoms with Crippen molar-refractivity contribution in [2.45, 2.75) is 27.7 Å². The number of nitriles is 1. The van der Waals surface area contributed by atoms with E-state index in [4.69, 9.17) is 5.26 Å². The van der Waals surface area contributed by atoms with E-state index >= 15 is 0 Å². The number of hydrogen-bond donors (Lipinski definition) is 0. The third-order valence-electron chi connectivity index (χ3n) is 3.50. The van der Waals surface area contributed by atoms with Crippen molar-refractivity contribution in [3.8, 4) is 6.07 Å². The minimum Gasteiger partial charge on any atom is -0.266 e. The van der Waals surface area contributed by atoms with Gasteiger partial charge in [-0.05, 0) is 37.0 Å². The Morgan fingerprint density at radius 3 is 2.41 bits per heavy atom. The first kappa shape index (κ1) is 15.7. The van der Waals surface area contributed by atoms with Crippen LogP contribution in [0.2, 0.25) is 0 Å². The van der Waals surface area contributed by atoms with Gasteiger partial charge in [0.15, 0.2) is 0 Å². The largest absolute Gasteiger partial charge is 0.289 e. The first-order valence-electron chi connectivity index (χ1n) is 7.23. The molecule has 0 radical (unpaired) electrons. The molecular formula is C18H19N3O. The van der Waals surface area contributed by atoms with Gasteiger partial charge in [-0.1, -0.05) is 44.2 Å². The van der Waals surface area contributed by atoms with Gasteiger partial charge in [0.25, 0.3) is 5.56 Å². The molecule has 0 spiro atoms. The van der Waals surface area contributed by atoms with E-state index in [2.05, 4.69) is 5.10 Å². The van der Waals surface area contributed by atoms with Crippen LogP contribution in [0, 0.1) is 31.1 Å². The van der Waals surface area contributed by atoms with E-state index in [1.165, 1.54) is 4.68 Å². The SMILES string of the molecule is Cc1cc(C)n(N=C(c2ccccc2)C(C)C)c(=O)c1C#N. The van der Waals surface area contributed by atoms with Gasteiger partial charge in [0.1, 0.15) is 11.6 Å². The maximum absolute atomic E-state index is 12.5. The molecule has 0 aliphatic carbocycles. The second-order valence-electron chi connectivity index (χ2n) is 5.58. The van der Waals surface area contributed by atoms with Crippen molar-refractivity contribution in [2.75, 3.05) is 0 Å². The van der Waals surface area contributed by atoms with E-state index in [1.54, 1.807) is 6.92 Å². The van der Waals surface area contributed by atoms with Crippen LogP contribution in [0.5, 0.6) is 0 Å². The van der Waals surface area contributed by atoms with Crippen LogP contribution in [0.1, 0.15) is 36.2 Å². The standard InChI is InChI=1S/C18H19N3O/c1-12(2)17(15-8-6-5-7-9-15)20-21-14(4)10-13(3)16(11-19)18(21)22/h5-10,12H,1-4H3. The van der Waals surface area contributed by atoms with E-state index in [0.29, 0.717) is 5.56 Å². The fourth-order valence-corrected chi connectivity index (χ4v) is 2.36. The Bertz CT molecular complexity index is 809. The molecule has 0 unspecified atom stereocenters. The van der Waals surface area contributed by atoms with Crippen LogP contribution in [0.4, 0.5) is 0 Å². The second-order valence-corrected chi connectivity index (χ2v) is 5.58. The highest BCUT2D eigenvalue weighted by Gasteiger charge is 2.13. The second kappa shape index (κ2) is 6.40. The maximum Gasteiger partial charge on any atom is 0.289 e. The number of hydrogen-bond acceptors (Lipinski definition) is 3. The lowest BCUT2D eigenvalue weighted by molar-refractivity contribution is 0.758. The van der Waals surface area contributed by atoms with Crippen LogP contribution in [0.15, 0.2) is 46.3 Å². The molecule has 0 N–H and O–H groups in total. The van der Waals surface area contributed by atoms with Gasteiger partial charge in [-0.2, -0.15) is 10.4 Å². The Balaban J connectivity index is 2.70. The van der Waals surface area contributed by atoms with Crippen molar-refractivity contribution in [2.24, 2.45) is 11.0 Å². The Hall–Kier alpha value is -2.67. The highest BCUT2D eigenvalue weighted by Crippen LogP contribution is 2.12. The first-order valence-corrected chi connectivity index (χ1v) is 7.23. The summed E-state index contributed by atoms with van der Waals surface area (Å²) < 4.78 is 1.33. The summed E-state index contributed by atoms with van der Waals surface area (Å²) in [5.74, 6) is 0.153. The van der Waals surface area contributed by atoms with Crippen LogP contribution in [-0.4, -0.2) is 10.4 Å². The Morgan fingerprint density at radius 1 is 1.23 bits per heavy atom. The molecule has 2 aromatic rings. The Labute approximate surface area is 130 Å². The predicted molar refractivity (Wildman–Crippen MR) is 88.1 cm³/mol. The number of aromatic nitrogens is 1. The molecule has 1 aromatic heterocycles. The van der Waals surface area contributed by atoms with Gasteiger partial charge in [-0.25, -0.2) is 4.68 Å². The molecule has 22 heavy (non-hydrogen) atoms. The molecule has 0 saturated carbocycles. The number of aryl methyl sites for hydroxylation is 2. The fourth-order valence-electron chi connectivity index (χ4n) is 2.36. The van der Waals surface area contributed by atoms with Gasteiger partial charge >= 0.3 is 0 Å². The summed E-state index contributed by atoms with van der Waals surface area (Å²) in [6.45, 7) is 7.65. The number of benzene rings is 1. The molecule has 0 aliphatic rings. The van der Waals surface area contributed by atoms with Gasteiger partial charge < -0.3 is 0 Å². The fraction of sp³-hybridized carbons (Fsp3) is 0.278. The molecule has 0 aliphatic heterocycles. The Morgan fingerprint density at radius 2 is 1.86 bits per heavy atom. The molecule has 0 fully saturated rings. The average Bonchev–Trinajstić information content (AvgIpc) is 2.48. The van der Waals surface area contributed by atoms with Crippen molar-refractivity contribution in [1.82, 2.24) is 4.68 Å². The summed E-state index contributed by atoms with van der Waals surface area (Å²) >= 11 is 0. The maximum atomic E-state index is 12.5. The molecule has 2 rings (SSSR count). The molecule has 0 atom stereocenters. The van der Waals surface area contributed by atoms with Gasteiger partial charge in [0, 0.05) is 5.69 Å². The van der Waals surface area contributed by atoms with Crippen molar-refractivity contribution in [3.63, 3.8) is 0 Å². The highest BCUT2D eigenvalue weighted by molar-refractivity contribution is 6.01. The lowest BCUT2D eigenvalue weighted by Gasteiger charge is -2.13. The van der Waals surface area contributed by atoms with E-state index in [9.17, 15) is 4.79 Å². The Kier molecular flexibility index (Phi) is 4.57. The highest BCUT2D eigenvalue weighted by atomic mass is 16.1. The van der Waals surface area contributed by atoms with Gasteiger partial charge in [0.05, 0.1) is 5.71 Å². The topological polar surface area (TPSA) is 58.1 Å². The summed E-state index contributed by atoms with van der Waals surface area (Å²) in [6, 6.07) is 13.6. The van der Waals surface area contributed by atoms with Crippen LogP contribution in [-0.2, 0) is 0 Å². The van der Waals surface area contributed by atoms with E-state index in [-0.39, 0.29) is 17.0 Å². The summed E-state index contributed by atoms with van der Waals surface area (Å²) in [4.78, 5) is 12.5. The summed E-state index contributed by atoms with van der Waals surface area (Å²) in [7, 11) is 0. The van der Waals surface area contributed by atoms with Gasteiger partial charge in [0.2, 0.25) is 0 Å². The zero-order valence-electron chi connectivity index (χ0n) is 13.3. The predicted octanol–water partition coefficient (Wildman–Crippen LogP) is 3.25. The first-order chi connectivity index (χ1) is 10.5. The number of nitrogens with zero attached hydrogens (tertiary/aromatic N) is 3. The monoisotopic (exact) mass is 293 g/mol. The molecule has 112 valence electrons. The zero-order chi connectivity index (χ0) is 16.3. The summed E-state index contributed by atoms with van der Waals surface area (Å²) in [5, 5.41) is 13.7. The lowest BCUT2D eigenvalue weighted by atomic mass is 10.0. The van der Waals surface area contributed by atoms with Gasteiger partial charge in [-0.15, -0.1) is 0 Å². The molecule has 4 nitrogen and oxygen atoms in total. The molecule has 1 heterocycles. The van der Waals surface area contributed by atoms with E-state index < -0.39 is 0 Å². The van der Waals surface area contributed by atoms with E-state index in [1.807, 2.05) is 63.2 Å². The van der Waals surface area contributed by atoms with Crippen LogP contribution in [0.3, 0.4) is 0 Å². The van der Waals surface area contributed by atoms with Gasteiger partial charge in [-0.3, -0.25) is 4.79 Å². The molecule has 4 heteroatoms. The molecule has 1 aromatic carbocycles. The van der Waals surface area contributed by atoms with Crippen molar-refractivity contribution in [1.29, 1.82) is 5.26 Å². The van der Waals surface area contributed by atoms with Crippen molar-refractivity contribution >= 4 is 5.71 Å². The zero-order valence-corrected chi connectivity index (χ0v) is 13.3. The minimum absolute atomic E-state index is 0.144. The third-order valence-corrected chi connectivity index (χ3v) is 3.50. The van der Waals surface area contributed by atoms with Crippen LogP contribution in [0.25, 0.3) is 0 Å². The summed E-state index contributed by atoms with van der Waals surface area (Å²) in [6.07, 6.45) is 0. The summed E-state index contributed by atoms with van der Waals surface area (Å²) in [5.41, 5.74) is 2.97. The molecule has 0 amide bonds. The molecule has 0 saturated heterocycles. The average molecular weight is 293 g/mol. The lowest BCUT2D eigenvalue weighted by Crippen LogP contribution is -2.25. The van der Waals surface area contributed by atoms with Crippen molar-refractivity contribution in [3.05, 3.63) is 69.1 Å². The van der Waals surface area contributed by atoms with Crippen LogP contribution < -0.4 is 5.56 Å². The number of rotatable bonds is 3. The van der Waals surface area contributed by atoms with E-state index in [0.717, 1.165) is 17.0 Å². The smallest absolute Gasteiger partial charge is 0.266 e. The molecule has 0 bridgehead atoms. The normalized spacial score (nSPS) is 11.5. The molecular weight excluding hydrogens is 274 g/mol.